The van der Waals surface area contributed by atoms with E-state index in [1.807, 2.05) is 20.2 Å². The van der Waals surface area contributed by atoms with E-state index < -0.39 is 0 Å². The molecule has 1 N–H and O–H groups in total. The molecule has 0 spiro atoms. The van der Waals surface area contributed by atoms with Crippen molar-refractivity contribution in [3.63, 3.8) is 0 Å². The van der Waals surface area contributed by atoms with E-state index in [1.165, 1.54) is 28.3 Å². The Bertz CT molecular complexity index is 882. The first kappa shape index (κ1) is 15.3. The van der Waals surface area contributed by atoms with Crippen LogP contribution in [-0.2, 0) is 0 Å². The van der Waals surface area contributed by atoms with E-state index in [1.54, 1.807) is 23.5 Å². The SMILES string of the molecule is CN(C)c1ccc(-c2ccc(-c3ccc(O)c(=O)cc3)s2)cc1. The van der Waals surface area contributed by atoms with Gasteiger partial charge < -0.3 is 10.0 Å². The van der Waals surface area contributed by atoms with Gasteiger partial charge in [0.05, 0.1) is 0 Å². The van der Waals surface area contributed by atoms with Crippen molar-refractivity contribution >= 4 is 17.0 Å². The molecule has 0 bridgehead atoms. The Morgan fingerprint density at radius 3 is 1.87 bits per heavy atom. The quantitative estimate of drug-likeness (QED) is 0.785. The Morgan fingerprint density at radius 2 is 1.30 bits per heavy atom. The predicted octanol–water partition coefficient (Wildman–Crippen LogP) is 4.21. The van der Waals surface area contributed by atoms with Gasteiger partial charge in [-0.15, -0.1) is 11.3 Å². The summed E-state index contributed by atoms with van der Waals surface area (Å²) in [6.07, 6.45) is 0. The third kappa shape index (κ3) is 3.27. The molecule has 0 amide bonds. The van der Waals surface area contributed by atoms with Crippen LogP contribution in [0.5, 0.6) is 5.75 Å². The molecule has 0 saturated carbocycles. The minimum atomic E-state index is -0.368. The van der Waals surface area contributed by atoms with Gasteiger partial charge in [-0.1, -0.05) is 12.1 Å². The molecule has 0 unspecified atom stereocenters. The fraction of sp³-hybridized carbons (Fsp3) is 0.105. The molecule has 4 heteroatoms. The Hall–Kier alpha value is -2.59. The molecule has 116 valence electrons. The average molecular weight is 323 g/mol. The van der Waals surface area contributed by atoms with Crippen molar-refractivity contribution in [3.05, 3.63) is 70.9 Å². The summed E-state index contributed by atoms with van der Waals surface area (Å²) < 4.78 is 0. The van der Waals surface area contributed by atoms with Crippen LogP contribution in [0.4, 0.5) is 5.69 Å². The van der Waals surface area contributed by atoms with Crippen molar-refractivity contribution in [1.29, 1.82) is 0 Å². The summed E-state index contributed by atoms with van der Waals surface area (Å²) in [6.45, 7) is 0. The molecule has 0 aliphatic rings. The third-order valence-corrected chi connectivity index (χ3v) is 4.83. The Labute approximate surface area is 139 Å². The molecule has 3 aromatic rings. The molecular weight excluding hydrogens is 306 g/mol. The lowest BCUT2D eigenvalue weighted by atomic mass is 10.1. The van der Waals surface area contributed by atoms with Gasteiger partial charge in [-0.2, -0.15) is 0 Å². The van der Waals surface area contributed by atoms with Gasteiger partial charge in [0.2, 0.25) is 5.43 Å². The summed E-state index contributed by atoms with van der Waals surface area (Å²) in [5.41, 5.74) is 2.88. The van der Waals surface area contributed by atoms with Crippen molar-refractivity contribution in [2.45, 2.75) is 0 Å². The highest BCUT2D eigenvalue weighted by Gasteiger charge is 2.06. The van der Waals surface area contributed by atoms with Crippen LogP contribution in [0.15, 0.2) is 65.5 Å². The minimum Gasteiger partial charge on any atom is -0.504 e. The Balaban J connectivity index is 1.94. The molecule has 1 heterocycles. The van der Waals surface area contributed by atoms with Gasteiger partial charge in [0.1, 0.15) is 0 Å². The first-order valence-electron chi connectivity index (χ1n) is 7.26. The second-order valence-corrected chi connectivity index (χ2v) is 6.56. The number of benzene rings is 1. The zero-order valence-corrected chi connectivity index (χ0v) is 13.8. The van der Waals surface area contributed by atoms with E-state index in [0.717, 1.165) is 10.4 Å². The molecule has 3 nitrogen and oxygen atoms in total. The number of hydrogen-bond donors (Lipinski definition) is 1. The van der Waals surface area contributed by atoms with E-state index in [9.17, 15) is 9.90 Å². The monoisotopic (exact) mass is 323 g/mol. The maximum absolute atomic E-state index is 11.5. The fourth-order valence-electron chi connectivity index (χ4n) is 2.29. The maximum Gasteiger partial charge on any atom is 0.220 e. The van der Waals surface area contributed by atoms with Crippen LogP contribution in [0.2, 0.25) is 0 Å². The first-order chi connectivity index (χ1) is 11.0. The Kier molecular flexibility index (Phi) is 4.17. The van der Waals surface area contributed by atoms with Crippen molar-refractivity contribution in [2.24, 2.45) is 0 Å². The van der Waals surface area contributed by atoms with E-state index in [4.69, 9.17) is 0 Å². The number of anilines is 1. The van der Waals surface area contributed by atoms with Crippen LogP contribution in [0.3, 0.4) is 0 Å². The van der Waals surface area contributed by atoms with Crippen LogP contribution in [0.25, 0.3) is 20.9 Å². The molecule has 0 aliphatic carbocycles. The lowest BCUT2D eigenvalue weighted by Gasteiger charge is -2.12. The normalized spacial score (nSPS) is 10.5. The zero-order chi connectivity index (χ0) is 16.4. The van der Waals surface area contributed by atoms with Crippen LogP contribution in [-0.4, -0.2) is 19.2 Å². The maximum atomic E-state index is 11.5. The summed E-state index contributed by atoms with van der Waals surface area (Å²) in [4.78, 5) is 15.8. The van der Waals surface area contributed by atoms with Gasteiger partial charge in [-0.3, -0.25) is 4.79 Å². The molecule has 0 aliphatic heterocycles. The number of hydrogen-bond acceptors (Lipinski definition) is 4. The van der Waals surface area contributed by atoms with Gasteiger partial charge >= 0.3 is 0 Å². The molecule has 2 aromatic carbocycles. The molecule has 23 heavy (non-hydrogen) atoms. The Morgan fingerprint density at radius 1 is 0.783 bits per heavy atom. The molecular formula is C19H17NO2S. The summed E-state index contributed by atoms with van der Waals surface area (Å²) in [5, 5.41) is 9.49. The largest absolute Gasteiger partial charge is 0.504 e. The standard InChI is InChI=1S/C19H17NO2S/c1-20(2)15-7-3-13(4-8-15)18-11-12-19(23-18)14-5-9-16(21)17(22)10-6-14/h3-12H,1-2H3,(H,21,22). The second kappa shape index (κ2) is 6.26. The summed E-state index contributed by atoms with van der Waals surface area (Å²) in [6, 6.07) is 18.9. The van der Waals surface area contributed by atoms with Gasteiger partial charge in [0, 0.05) is 29.5 Å². The van der Waals surface area contributed by atoms with Crippen molar-refractivity contribution in [2.75, 3.05) is 19.0 Å². The number of nitrogens with zero attached hydrogens (tertiary/aromatic N) is 1. The second-order valence-electron chi connectivity index (χ2n) is 5.48. The minimum absolute atomic E-state index is 0.229. The number of thiophene rings is 1. The highest BCUT2D eigenvalue weighted by atomic mass is 32.1. The number of rotatable bonds is 3. The van der Waals surface area contributed by atoms with Crippen LogP contribution in [0, 0.1) is 0 Å². The van der Waals surface area contributed by atoms with Crippen molar-refractivity contribution in [3.8, 4) is 26.6 Å². The van der Waals surface area contributed by atoms with Gasteiger partial charge in [-0.25, -0.2) is 0 Å². The van der Waals surface area contributed by atoms with Crippen LogP contribution < -0.4 is 10.3 Å². The van der Waals surface area contributed by atoms with Gasteiger partial charge in [-0.05, 0) is 59.7 Å². The molecule has 0 fully saturated rings. The van der Waals surface area contributed by atoms with E-state index in [-0.39, 0.29) is 11.2 Å². The zero-order valence-electron chi connectivity index (χ0n) is 13.0. The van der Waals surface area contributed by atoms with Crippen molar-refractivity contribution < 1.29 is 5.11 Å². The van der Waals surface area contributed by atoms with E-state index in [2.05, 4.69) is 35.2 Å². The summed E-state index contributed by atoms with van der Waals surface area (Å²) in [5.74, 6) is -0.229. The lowest BCUT2D eigenvalue weighted by Crippen LogP contribution is -2.07. The molecule has 3 rings (SSSR count). The van der Waals surface area contributed by atoms with E-state index in [0.29, 0.717) is 0 Å². The lowest BCUT2D eigenvalue weighted by molar-refractivity contribution is 0.471. The highest BCUT2D eigenvalue weighted by Crippen LogP contribution is 2.34. The summed E-state index contributed by atoms with van der Waals surface area (Å²) in [7, 11) is 4.04. The predicted molar refractivity (Wildman–Crippen MR) is 97.5 cm³/mol. The molecule has 1 aromatic heterocycles. The molecule has 0 atom stereocenters. The van der Waals surface area contributed by atoms with Gasteiger partial charge in [0.15, 0.2) is 5.75 Å². The highest BCUT2D eigenvalue weighted by molar-refractivity contribution is 7.18. The van der Waals surface area contributed by atoms with Crippen LogP contribution >= 0.6 is 11.3 Å². The van der Waals surface area contributed by atoms with Crippen molar-refractivity contribution in [1.82, 2.24) is 0 Å². The summed E-state index contributed by atoms with van der Waals surface area (Å²) >= 11 is 1.66. The molecule has 0 radical (unpaired) electrons. The van der Waals surface area contributed by atoms with E-state index >= 15 is 0 Å². The molecule has 0 saturated heterocycles. The van der Waals surface area contributed by atoms with Gasteiger partial charge in [0.25, 0.3) is 0 Å². The number of aromatic hydroxyl groups is 1. The first-order valence-corrected chi connectivity index (χ1v) is 8.07. The average Bonchev–Trinajstić information content (AvgIpc) is 2.98. The smallest absolute Gasteiger partial charge is 0.220 e. The topological polar surface area (TPSA) is 40.5 Å². The fourth-order valence-corrected chi connectivity index (χ4v) is 3.31. The third-order valence-electron chi connectivity index (χ3n) is 3.65. The van der Waals surface area contributed by atoms with Crippen LogP contribution in [0.1, 0.15) is 0 Å².